The van der Waals surface area contributed by atoms with Crippen molar-refractivity contribution in [2.24, 2.45) is 0 Å². The maximum Gasteiger partial charge on any atom is 0.289 e. The summed E-state index contributed by atoms with van der Waals surface area (Å²) in [6.07, 6.45) is 2.42. The average Bonchev–Trinajstić information content (AvgIpc) is 2.87. The van der Waals surface area contributed by atoms with Crippen molar-refractivity contribution >= 4 is 34.9 Å². The third kappa shape index (κ3) is 3.50. The first-order valence-corrected chi connectivity index (χ1v) is 8.36. The number of benzene rings is 1. The molecule has 3 rings (SSSR count). The van der Waals surface area contributed by atoms with Crippen LogP contribution in [0.1, 0.15) is 33.6 Å². The lowest BCUT2D eigenvalue weighted by molar-refractivity contribution is -0.385. The van der Waals surface area contributed by atoms with E-state index in [2.05, 4.69) is 10.3 Å². The highest BCUT2D eigenvalue weighted by atomic mass is 35.5. The van der Waals surface area contributed by atoms with Crippen molar-refractivity contribution in [1.82, 2.24) is 9.88 Å². The molecule has 134 valence electrons. The van der Waals surface area contributed by atoms with E-state index in [1.165, 1.54) is 11.0 Å². The van der Waals surface area contributed by atoms with Crippen LogP contribution >= 0.6 is 11.6 Å². The van der Waals surface area contributed by atoms with Gasteiger partial charge in [-0.2, -0.15) is 0 Å². The third-order valence-electron chi connectivity index (χ3n) is 4.02. The van der Waals surface area contributed by atoms with E-state index in [4.69, 9.17) is 11.6 Å². The number of imide groups is 1. The van der Waals surface area contributed by atoms with Gasteiger partial charge < -0.3 is 5.32 Å². The molecule has 0 saturated carbocycles. The zero-order valence-electron chi connectivity index (χ0n) is 13.6. The van der Waals surface area contributed by atoms with E-state index >= 15 is 0 Å². The molecule has 8 nitrogen and oxygen atoms in total. The van der Waals surface area contributed by atoms with E-state index in [-0.39, 0.29) is 22.5 Å². The van der Waals surface area contributed by atoms with Gasteiger partial charge in [0.2, 0.25) is 0 Å². The normalized spacial score (nSPS) is 13.0. The van der Waals surface area contributed by atoms with Crippen molar-refractivity contribution in [1.29, 1.82) is 0 Å². The highest BCUT2D eigenvalue weighted by Crippen LogP contribution is 2.24. The van der Waals surface area contributed by atoms with Crippen LogP contribution in [0, 0.1) is 10.1 Å². The van der Waals surface area contributed by atoms with Gasteiger partial charge in [-0.05, 0) is 25.0 Å². The second kappa shape index (κ2) is 7.49. The van der Waals surface area contributed by atoms with Crippen LogP contribution in [0.15, 0.2) is 36.5 Å². The van der Waals surface area contributed by atoms with Crippen LogP contribution in [0.3, 0.4) is 0 Å². The highest BCUT2D eigenvalue weighted by molar-refractivity contribution is 6.33. The summed E-state index contributed by atoms with van der Waals surface area (Å²) in [6.45, 7) is 0.836. The molecule has 0 aliphatic carbocycles. The van der Waals surface area contributed by atoms with Crippen LogP contribution < -0.4 is 5.32 Å². The predicted octanol–water partition coefficient (Wildman–Crippen LogP) is 3.13. The fourth-order valence-electron chi connectivity index (χ4n) is 2.70. The molecule has 0 saturated heterocycles. The van der Waals surface area contributed by atoms with Crippen LogP contribution in [-0.2, 0) is 0 Å². The zero-order valence-corrected chi connectivity index (χ0v) is 14.4. The Morgan fingerprint density at radius 2 is 1.81 bits per heavy atom. The topological polar surface area (TPSA) is 105 Å². The van der Waals surface area contributed by atoms with Gasteiger partial charge in [-0.25, -0.2) is 4.98 Å². The molecular weight excluding hydrogens is 360 g/mol. The molecular formula is C17H15ClN4O4. The maximum absolute atomic E-state index is 12.2. The van der Waals surface area contributed by atoms with Crippen LogP contribution in [0.2, 0.25) is 5.02 Å². The number of carbonyl (C=O) groups is 2. The van der Waals surface area contributed by atoms with Crippen molar-refractivity contribution in [2.45, 2.75) is 12.8 Å². The number of rotatable bonds is 7. The number of nitrogens with one attached hydrogen (secondary N) is 1. The van der Waals surface area contributed by atoms with E-state index in [0.29, 0.717) is 42.9 Å². The Kier molecular flexibility index (Phi) is 5.13. The van der Waals surface area contributed by atoms with Gasteiger partial charge in [0.25, 0.3) is 17.5 Å². The van der Waals surface area contributed by atoms with Gasteiger partial charge in [-0.3, -0.25) is 24.6 Å². The first-order chi connectivity index (χ1) is 12.5. The number of carbonyl (C=O) groups excluding carboxylic acids is 2. The average molecular weight is 375 g/mol. The molecule has 2 aromatic rings. The fourth-order valence-corrected chi connectivity index (χ4v) is 2.93. The number of pyridine rings is 1. The minimum Gasteiger partial charge on any atom is -0.369 e. The molecule has 0 fully saturated rings. The minimum atomic E-state index is -0.565. The van der Waals surface area contributed by atoms with Crippen LogP contribution in [0.5, 0.6) is 0 Å². The molecule has 0 spiro atoms. The molecule has 2 amide bonds. The van der Waals surface area contributed by atoms with Crippen molar-refractivity contribution < 1.29 is 14.5 Å². The summed E-state index contributed by atoms with van der Waals surface area (Å²) in [5.74, 6) is -0.171. The molecule has 1 aromatic heterocycles. The predicted molar refractivity (Wildman–Crippen MR) is 95.4 cm³/mol. The lowest BCUT2D eigenvalue weighted by Gasteiger charge is -2.13. The molecule has 26 heavy (non-hydrogen) atoms. The van der Waals surface area contributed by atoms with E-state index in [1.54, 1.807) is 24.3 Å². The van der Waals surface area contributed by atoms with Gasteiger partial charge in [0, 0.05) is 19.2 Å². The number of fused-ring (bicyclic) bond motifs is 1. The minimum absolute atomic E-state index is 0.166. The highest BCUT2D eigenvalue weighted by Gasteiger charge is 2.34. The Hall–Kier alpha value is -3.00. The summed E-state index contributed by atoms with van der Waals surface area (Å²) in [5.41, 5.74) is 0.709. The van der Waals surface area contributed by atoms with Gasteiger partial charge in [-0.1, -0.05) is 23.7 Å². The maximum atomic E-state index is 12.2. The first-order valence-electron chi connectivity index (χ1n) is 7.98. The Morgan fingerprint density at radius 3 is 2.38 bits per heavy atom. The van der Waals surface area contributed by atoms with Crippen molar-refractivity contribution in [2.75, 3.05) is 18.4 Å². The summed E-state index contributed by atoms with van der Waals surface area (Å²) >= 11 is 5.95. The molecule has 1 aromatic carbocycles. The number of nitrogens with zero attached hydrogens (tertiary/aromatic N) is 3. The standard InChI is InChI=1S/C17H15ClN4O4/c18-14-9-11(22(25)26)10-20-15(14)19-7-3-4-8-21-16(23)12-5-1-2-6-13(12)17(21)24/h1-2,5-6,9-10H,3-4,7-8H2,(H,19,20). The van der Waals surface area contributed by atoms with Crippen molar-refractivity contribution in [3.63, 3.8) is 0 Å². The zero-order chi connectivity index (χ0) is 18.7. The number of anilines is 1. The molecule has 0 bridgehead atoms. The molecule has 0 atom stereocenters. The summed E-state index contributed by atoms with van der Waals surface area (Å²) in [4.78, 5) is 39.7. The fraction of sp³-hybridized carbons (Fsp3) is 0.235. The largest absolute Gasteiger partial charge is 0.369 e. The van der Waals surface area contributed by atoms with Crippen molar-refractivity contribution in [3.8, 4) is 0 Å². The number of hydrogen-bond donors (Lipinski definition) is 1. The Bertz CT molecular complexity index is 852. The third-order valence-corrected chi connectivity index (χ3v) is 4.30. The number of hydrogen-bond acceptors (Lipinski definition) is 6. The van der Waals surface area contributed by atoms with E-state index in [1.807, 2.05) is 0 Å². The molecule has 2 heterocycles. The quantitative estimate of drug-likeness (QED) is 0.345. The number of unbranched alkanes of at least 4 members (excludes halogenated alkanes) is 1. The second-order valence-corrected chi connectivity index (χ2v) is 6.13. The van der Waals surface area contributed by atoms with E-state index in [0.717, 1.165) is 6.20 Å². The van der Waals surface area contributed by atoms with Gasteiger partial charge in [0.05, 0.1) is 21.1 Å². The molecule has 1 aliphatic rings. The molecule has 0 radical (unpaired) electrons. The van der Waals surface area contributed by atoms with Crippen LogP contribution in [-0.4, -0.2) is 39.7 Å². The number of halogens is 1. The van der Waals surface area contributed by atoms with Gasteiger partial charge in [0.1, 0.15) is 12.0 Å². The molecule has 1 N–H and O–H groups in total. The monoisotopic (exact) mass is 374 g/mol. The van der Waals surface area contributed by atoms with E-state index < -0.39 is 4.92 Å². The number of aromatic nitrogens is 1. The lowest BCUT2D eigenvalue weighted by Crippen LogP contribution is -2.30. The summed E-state index contributed by atoms with van der Waals surface area (Å²) in [5, 5.41) is 13.8. The van der Waals surface area contributed by atoms with Crippen molar-refractivity contribution in [3.05, 3.63) is 62.8 Å². The Labute approximate surface area is 153 Å². The summed E-state index contributed by atoms with van der Waals surface area (Å²) < 4.78 is 0. The van der Waals surface area contributed by atoms with E-state index in [9.17, 15) is 19.7 Å². The van der Waals surface area contributed by atoms with Gasteiger partial charge in [-0.15, -0.1) is 0 Å². The summed E-state index contributed by atoms with van der Waals surface area (Å²) in [6, 6.07) is 8.01. The summed E-state index contributed by atoms with van der Waals surface area (Å²) in [7, 11) is 0. The number of amides is 2. The van der Waals surface area contributed by atoms with Crippen LogP contribution in [0.25, 0.3) is 0 Å². The van der Waals surface area contributed by atoms with Crippen LogP contribution in [0.4, 0.5) is 11.5 Å². The SMILES string of the molecule is O=C1c2ccccc2C(=O)N1CCCCNc1ncc([N+](=O)[O-])cc1Cl. The molecule has 0 unspecified atom stereocenters. The van der Waals surface area contributed by atoms with Gasteiger partial charge >= 0.3 is 0 Å². The molecule has 1 aliphatic heterocycles. The lowest BCUT2D eigenvalue weighted by atomic mass is 10.1. The number of nitro groups is 1. The Morgan fingerprint density at radius 1 is 1.15 bits per heavy atom. The molecule has 9 heteroatoms. The van der Waals surface area contributed by atoms with Gasteiger partial charge in [0.15, 0.2) is 0 Å². The Balaban J connectivity index is 1.48. The first kappa shape index (κ1) is 17.8. The smallest absolute Gasteiger partial charge is 0.289 e. The second-order valence-electron chi connectivity index (χ2n) is 5.72.